The Balaban J connectivity index is 1.96. The zero-order valence-corrected chi connectivity index (χ0v) is 15.5. The van der Waals surface area contributed by atoms with Gasteiger partial charge >= 0.3 is 12.3 Å². The van der Waals surface area contributed by atoms with Crippen LogP contribution in [0.15, 0.2) is 22.7 Å². The van der Waals surface area contributed by atoms with Crippen LogP contribution in [-0.4, -0.2) is 41.6 Å². The van der Waals surface area contributed by atoms with Gasteiger partial charge in [-0.15, -0.1) is 0 Å². The molecule has 0 radical (unpaired) electrons. The summed E-state index contributed by atoms with van der Waals surface area (Å²) in [7, 11) is 0. The van der Waals surface area contributed by atoms with E-state index >= 15 is 0 Å². The number of alkyl halides is 3. The third-order valence-electron chi connectivity index (χ3n) is 3.42. The Morgan fingerprint density at radius 3 is 2.36 bits per heavy atom. The molecule has 9 heteroatoms. The molecule has 1 aliphatic heterocycles. The summed E-state index contributed by atoms with van der Waals surface area (Å²) in [6.07, 6.45) is -5.04. The molecule has 2 amide bonds. The molecule has 0 aliphatic carbocycles. The molecule has 0 saturated carbocycles. The minimum absolute atomic E-state index is 0.106. The van der Waals surface area contributed by atoms with Crippen molar-refractivity contribution in [1.82, 2.24) is 10.2 Å². The van der Waals surface area contributed by atoms with E-state index in [4.69, 9.17) is 4.74 Å². The summed E-state index contributed by atoms with van der Waals surface area (Å²) in [5, 5.41) is 2.61. The second kappa shape index (κ2) is 6.86. The summed E-state index contributed by atoms with van der Waals surface area (Å²) in [6.45, 7) is 5.73. The Morgan fingerprint density at radius 2 is 1.84 bits per heavy atom. The summed E-state index contributed by atoms with van der Waals surface area (Å²) < 4.78 is 43.6. The van der Waals surface area contributed by atoms with Crippen LogP contribution in [-0.2, 0) is 10.9 Å². The maximum Gasteiger partial charge on any atom is 0.417 e. The first-order valence-electron chi connectivity index (χ1n) is 7.53. The monoisotopic (exact) mass is 422 g/mol. The second-order valence-corrected chi connectivity index (χ2v) is 7.51. The third kappa shape index (κ3) is 4.87. The predicted molar refractivity (Wildman–Crippen MR) is 88.2 cm³/mol. The van der Waals surface area contributed by atoms with E-state index in [1.165, 1.54) is 17.0 Å². The Morgan fingerprint density at radius 1 is 1.24 bits per heavy atom. The molecule has 0 atom stereocenters. The molecule has 0 spiro atoms. The Hall–Kier alpha value is -1.77. The second-order valence-electron chi connectivity index (χ2n) is 6.72. The van der Waals surface area contributed by atoms with Crippen LogP contribution in [0, 0.1) is 0 Å². The minimum atomic E-state index is -4.56. The van der Waals surface area contributed by atoms with Crippen LogP contribution >= 0.6 is 15.9 Å². The van der Waals surface area contributed by atoms with E-state index < -0.39 is 29.3 Å². The normalized spacial score (nSPS) is 15.6. The number of ether oxygens (including phenoxy) is 1. The van der Waals surface area contributed by atoms with E-state index in [-0.39, 0.29) is 29.2 Å². The molecule has 2 rings (SSSR count). The van der Waals surface area contributed by atoms with Gasteiger partial charge in [-0.1, -0.05) is 6.07 Å². The van der Waals surface area contributed by atoms with Crippen LogP contribution in [0.1, 0.15) is 36.7 Å². The Kier molecular flexibility index (Phi) is 5.36. The molecule has 1 fully saturated rings. The van der Waals surface area contributed by atoms with E-state index in [1.54, 1.807) is 20.8 Å². The number of carbonyl (C=O) groups is 2. The van der Waals surface area contributed by atoms with Gasteiger partial charge in [-0.05, 0) is 48.8 Å². The number of halogens is 4. The molecule has 5 nitrogen and oxygen atoms in total. The number of nitrogens with one attached hydrogen (secondary N) is 1. The van der Waals surface area contributed by atoms with Crippen molar-refractivity contribution in [3.05, 3.63) is 33.8 Å². The standard InChI is InChI=1S/C16H18BrF3N2O3/c1-15(2,3)25-14(24)22-7-9(8-22)21-13(23)10-5-4-6-11(12(10)17)16(18,19)20/h4-6,9H,7-8H2,1-3H3,(H,21,23). The number of hydrogen-bond donors (Lipinski definition) is 1. The van der Waals surface area contributed by atoms with Crippen molar-refractivity contribution in [2.45, 2.75) is 38.6 Å². The summed E-state index contributed by atoms with van der Waals surface area (Å²) in [5.41, 5.74) is -1.64. The molecule has 1 aromatic rings. The van der Waals surface area contributed by atoms with Crippen LogP contribution in [0.4, 0.5) is 18.0 Å². The topological polar surface area (TPSA) is 58.6 Å². The summed E-state index contributed by atoms with van der Waals surface area (Å²) in [6, 6.07) is 3.05. The van der Waals surface area contributed by atoms with Crippen molar-refractivity contribution in [1.29, 1.82) is 0 Å². The number of rotatable bonds is 2. The lowest BCUT2D eigenvalue weighted by molar-refractivity contribution is -0.138. The molecule has 1 heterocycles. The first-order valence-corrected chi connectivity index (χ1v) is 8.32. The van der Waals surface area contributed by atoms with Gasteiger partial charge in [0.2, 0.25) is 0 Å². The summed E-state index contributed by atoms with van der Waals surface area (Å²) >= 11 is 2.85. The van der Waals surface area contributed by atoms with Crippen LogP contribution in [0.25, 0.3) is 0 Å². The fraction of sp³-hybridized carbons (Fsp3) is 0.500. The highest BCUT2D eigenvalue weighted by Crippen LogP contribution is 2.36. The maximum atomic E-state index is 12.9. The zero-order chi connectivity index (χ0) is 19.0. The van der Waals surface area contributed by atoms with Crippen LogP contribution in [0.5, 0.6) is 0 Å². The molecule has 25 heavy (non-hydrogen) atoms. The van der Waals surface area contributed by atoms with Gasteiger partial charge in [-0.25, -0.2) is 4.79 Å². The smallest absolute Gasteiger partial charge is 0.417 e. The average Bonchev–Trinajstić information content (AvgIpc) is 2.38. The lowest BCUT2D eigenvalue weighted by Gasteiger charge is -2.40. The van der Waals surface area contributed by atoms with E-state index in [2.05, 4.69) is 21.2 Å². The molecule has 1 aliphatic rings. The van der Waals surface area contributed by atoms with Crippen molar-refractivity contribution >= 4 is 27.9 Å². The fourth-order valence-electron chi connectivity index (χ4n) is 2.23. The first-order chi connectivity index (χ1) is 11.4. The Bertz CT molecular complexity index is 680. The van der Waals surface area contributed by atoms with E-state index in [0.29, 0.717) is 0 Å². The lowest BCUT2D eigenvalue weighted by atomic mass is 10.1. The van der Waals surface area contributed by atoms with Gasteiger partial charge in [0.15, 0.2) is 0 Å². The van der Waals surface area contributed by atoms with Gasteiger partial charge in [0.25, 0.3) is 5.91 Å². The van der Waals surface area contributed by atoms with Crippen molar-refractivity contribution in [2.75, 3.05) is 13.1 Å². The van der Waals surface area contributed by atoms with Gasteiger partial charge in [-0.3, -0.25) is 4.79 Å². The molecule has 0 bridgehead atoms. The van der Waals surface area contributed by atoms with E-state index in [1.807, 2.05) is 0 Å². The molecular weight excluding hydrogens is 405 g/mol. The molecule has 1 aromatic carbocycles. The number of carbonyl (C=O) groups excluding carboxylic acids is 2. The highest BCUT2D eigenvalue weighted by Gasteiger charge is 2.37. The molecular formula is C16H18BrF3N2O3. The van der Waals surface area contributed by atoms with Gasteiger partial charge < -0.3 is 15.0 Å². The van der Waals surface area contributed by atoms with Crippen molar-refractivity contribution in [2.24, 2.45) is 0 Å². The van der Waals surface area contributed by atoms with Gasteiger partial charge in [-0.2, -0.15) is 13.2 Å². The average molecular weight is 423 g/mol. The summed E-state index contributed by atoms with van der Waals surface area (Å²) in [4.78, 5) is 25.4. The minimum Gasteiger partial charge on any atom is -0.444 e. The van der Waals surface area contributed by atoms with Gasteiger partial charge in [0.1, 0.15) is 5.60 Å². The highest BCUT2D eigenvalue weighted by atomic mass is 79.9. The lowest BCUT2D eigenvalue weighted by Crippen LogP contribution is -2.61. The molecule has 1 N–H and O–H groups in total. The number of benzene rings is 1. The first kappa shape index (κ1) is 19.6. The van der Waals surface area contributed by atoms with Crippen molar-refractivity contribution in [3.63, 3.8) is 0 Å². The van der Waals surface area contributed by atoms with Crippen LogP contribution in [0.3, 0.4) is 0 Å². The maximum absolute atomic E-state index is 12.9. The number of nitrogens with zero attached hydrogens (tertiary/aromatic N) is 1. The predicted octanol–water partition coefficient (Wildman–Crippen LogP) is 3.82. The number of amides is 2. The molecule has 1 saturated heterocycles. The highest BCUT2D eigenvalue weighted by molar-refractivity contribution is 9.10. The number of likely N-dealkylation sites (tertiary alicyclic amines) is 1. The van der Waals surface area contributed by atoms with Crippen molar-refractivity contribution in [3.8, 4) is 0 Å². The fourth-order valence-corrected chi connectivity index (χ4v) is 2.90. The molecule has 0 unspecified atom stereocenters. The van der Waals surface area contributed by atoms with E-state index in [9.17, 15) is 22.8 Å². The van der Waals surface area contributed by atoms with Crippen LogP contribution < -0.4 is 5.32 Å². The molecule has 0 aromatic heterocycles. The van der Waals surface area contributed by atoms with Crippen LogP contribution in [0.2, 0.25) is 0 Å². The molecule has 138 valence electrons. The zero-order valence-electron chi connectivity index (χ0n) is 13.9. The van der Waals surface area contributed by atoms with E-state index in [0.717, 1.165) is 6.07 Å². The Labute approximate surface area is 151 Å². The van der Waals surface area contributed by atoms with Gasteiger partial charge in [0.05, 0.1) is 17.2 Å². The third-order valence-corrected chi connectivity index (χ3v) is 4.27. The largest absolute Gasteiger partial charge is 0.444 e. The number of hydrogen-bond acceptors (Lipinski definition) is 3. The van der Waals surface area contributed by atoms with Gasteiger partial charge in [0, 0.05) is 17.6 Å². The van der Waals surface area contributed by atoms with Crippen molar-refractivity contribution < 1.29 is 27.5 Å². The quantitative estimate of drug-likeness (QED) is 0.787. The SMILES string of the molecule is CC(C)(C)OC(=O)N1CC(NC(=O)c2cccc(C(F)(F)F)c2Br)C1. The summed E-state index contributed by atoms with van der Waals surface area (Å²) in [5.74, 6) is -0.633.